The Morgan fingerprint density at radius 1 is 1.08 bits per heavy atom. The van der Waals surface area contributed by atoms with E-state index in [-0.39, 0.29) is 18.5 Å². The first-order valence-corrected chi connectivity index (χ1v) is 8.16. The number of imide groups is 1. The Balaban J connectivity index is 1.76. The van der Waals surface area contributed by atoms with E-state index < -0.39 is 24.4 Å². The van der Waals surface area contributed by atoms with Gasteiger partial charge in [0.05, 0.1) is 6.42 Å². The SMILES string of the molecule is O=C(COC(=O)CCn1cc(Br)ccc1=O)NC(=O)c1ccccc1. The molecule has 0 spiro atoms. The molecule has 25 heavy (non-hydrogen) atoms. The highest BCUT2D eigenvalue weighted by Gasteiger charge is 2.12. The quantitative estimate of drug-likeness (QED) is 0.733. The molecule has 7 nitrogen and oxygen atoms in total. The molecule has 0 fully saturated rings. The Kier molecular flexibility index (Phi) is 6.64. The van der Waals surface area contributed by atoms with E-state index in [1.54, 1.807) is 42.6 Å². The van der Waals surface area contributed by atoms with Gasteiger partial charge in [0.1, 0.15) is 0 Å². The summed E-state index contributed by atoms with van der Waals surface area (Å²) in [5.41, 5.74) is 0.0819. The van der Waals surface area contributed by atoms with Gasteiger partial charge in [-0.05, 0) is 34.1 Å². The van der Waals surface area contributed by atoms with E-state index in [0.717, 1.165) is 0 Å². The molecule has 0 bridgehead atoms. The van der Waals surface area contributed by atoms with Crippen LogP contribution >= 0.6 is 15.9 Å². The second-order valence-corrected chi connectivity index (χ2v) is 5.95. The number of hydrogen-bond donors (Lipinski definition) is 1. The lowest BCUT2D eigenvalue weighted by Crippen LogP contribution is -2.34. The van der Waals surface area contributed by atoms with E-state index in [9.17, 15) is 19.2 Å². The van der Waals surface area contributed by atoms with Crippen molar-refractivity contribution in [1.82, 2.24) is 9.88 Å². The Morgan fingerprint density at radius 3 is 2.52 bits per heavy atom. The number of rotatable bonds is 6. The molecule has 0 atom stereocenters. The minimum atomic E-state index is -0.721. The second-order valence-electron chi connectivity index (χ2n) is 5.03. The van der Waals surface area contributed by atoms with Crippen LogP contribution in [-0.4, -0.2) is 29.0 Å². The summed E-state index contributed by atoms with van der Waals surface area (Å²) in [7, 11) is 0. The average Bonchev–Trinajstić information content (AvgIpc) is 2.61. The van der Waals surface area contributed by atoms with Gasteiger partial charge in [-0.3, -0.25) is 24.5 Å². The van der Waals surface area contributed by atoms with Crippen molar-refractivity contribution in [2.75, 3.05) is 6.61 Å². The zero-order valence-electron chi connectivity index (χ0n) is 13.1. The summed E-state index contributed by atoms with van der Waals surface area (Å²) in [4.78, 5) is 46.7. The second kappa shape index (κ2) is 8.93. The minimum Gasteiger partial charge on any atom is -0.456 e. The lowest BCUT2D eigenvalue weighted by atomic mass is 10.2. The predicted octanol–water partition coefficient (Wildman–Crippen LogP) is 1.50. The summed E-state index contributed by atoms with van der Waals surface area (Å²) < 4.78 is 6.86. The molecule has 1 aromatic heterocycles. The number of carbonyl (C=O) groups excluding carboxylic acids is 3. The van der Waals surface area contributed by atoms with Crippen LogP contribution in [0.5, 0.6) is 0 Å². The fraction of sp³-hybridized carbons (Fsp3) is 0.176. The molecule has 1 N–H and O–H groups in total. The minimum absolute atomic E-state index is 0.0731. The number of aryl methyl sites for hydroxylation is 1. The molecule has 0 aliphatic rings. The highest BCUT2D eigenvalue weighted by atomic mass is 79.9. The Labute approximate surface area is 151 Å². The number of hydrogen-bond acceptors (Lipinski definition) is 5. The molecule has 8 heteroatoms. The molecule has 0 saturated heterocycles. The van der Waals surface area contributed by atoms with Crippen LogP contribution in [0.1, 0.15) is 16.8 Å². The van der Waals surface area contributed by atoms with E-state index in [1.165, 1.54) is 10.6 Å². The fourth-order valence-electron chi connectivity index (χ4n) is 1.93. The van der Waals surface area contributed by atoms with Crippen molar-refractivity contribution < 1.29 is 19.1 Å². The molecule has 2 aromatic rings. The summed E-state index contributed by atoms with van der Waals surface area (Å²) in [5, 5.41) is 2.13. The van der Waals surface area contributed by atoms with Crippen molar-refractivity contribution in [3.63, 3.8) is 0 Å². The van der Waals surface area contributed by atoms with Crippen LogP contribution in [0.4, 0.5) is 0 Å². The van der Waals surface area contributed by atoms with Gasteiger partial charge in [-0.2, -0.15) is 0 Å². The van der Waals surface area contributed by atoms with Crippen LogP contribution in [-0.2, 0) is 20.9 Å². The highest BCUT2D eigenvalue weighted by Crippen LogP contribution is 2.05. The largest absolute Gasteiger partial charge is 0.456 e. The molecule has 1 aromatic carbocycles. The zero-order chi connectivity index (χ0) is 18.2. The lowest BCUT2D eigenvalue weighted by Gasteiger charge is -2.07. The third-order valence-electron chi connectivity index (χ3n) is 3.16. The van der Waals surface area contributed by atoms with Gasteiger partial charge in [0.25, 0.3) is 17.4 Å². The van der Waals surface area contributed by atoms with Crippen LogP contribution in [0.3, 0.4) is 0 Å². The summed E-state index contributed by atoms with van der Waals surface area (Å²) in [6, 6.07) is 11.2. The number of nitrogens with zero attached hydrogens (tertiary/aromatic N) is 1. The van der Waals surface area contributed by atoms with Gasteiger partial charge in [0.2, 0.25) is 0 Å². The number of esters is 1. The van der Waals surface area contributed by atoms with Gasteiger partial charge in [-0.25, -0.2) is 0 Å². The average molecular weight is 407 g/mol. The molecule has 130 valence electrons. The topological polar surface area (TPSA) is 94.5 Å². The summed E-state index contributed by atoms with van der Waals surface area (Å²) in [6.45, 7) is -0.438. The van der Waals surface area contributed by atoms with Crippen LogP contribution in [0, 0.1) is 0 Å². The number of nitrogens with one attached hydrogen (secondary N) is 1. The number of aromatic nitrogens is 1. The Morgan fingerprint density at radius 2 is 1.80 bits per heavy atom. The van der Waals surface area contributed by atoms with Crippen LogP contribution in [0.25, 0.3) is 0 Å². The number of amides is 2. The maximum atomic E-state index is 11.8. The van der Waals surface area contributed by atoms with Crippen molar-refractivity contribution in [3.05, 3.63) is 69.1 Å². The van der Waals surface area contributed by atoms with Gasteiger partial charge < -0.3 is 9.30 Å². The number of benzene rings is 1. The van der Waals surface area contributed by atoms with E-state index in [2.05, 4.69) is 21.2 Å². The third kappa shape index (κ3) is 6.00. The summed E-state index contributed by atoms with van der Waals surface area (Å²) in [5.74, 6) is -1.93. The number of pyridine rings is 1. The monoisotopic (exact) mass is 406 g/mol. The Bertz CT molecular complexity index is 832. The number of ether oxygens (including phenoxy) is 1. The standard InChI is InChI=1S/C17H15BrN2O5/c18-13-6-7-15(22)20(10-13)9-8-16(23)25-11-14(21)19-17(24)12-4-2-1-3-5-12/h1-7,10H,8-9,11H2,(H,19,21,24). The molecule has 1 heterocycles. The van der Waals surface area contributed by atoms with Crippen molar-refractivity contribution in [3.8, 4) is 0 Å². The van der Waals surface area contributed by atoms with Crippen LogP contribution in [0.2, 0.25) is 0 Å². The first-order chi connectivity index (χ1) is 12.0. The third-order valence-corrected chi connectivity index (χ3v) is 3.63. The number of halogens is 1. The van der Waals surface area contributed by atoms with Crippen LogP contribution < -0.4 is 10.9 Å². The maximum absolute atomic E-state index is 11.8. The van der Waals surface area contributed by atoms with Gasteiger partial charge in [-0.1, -0.05) is 18.2 Å². The molecule has 2 rings (SSSR count). The normalized spacial score (nSPS) is 10.1. The van der Waals surface area contributed by atoms with E-state index in [0.29, 0.717) is 10.0 Å². The molecule has 0 saturated carbocycles. The predicted molar refractivity (Wildman–Crippen MR) is 92.9 cm³/mol. The van der Waals surface area contributed by atoms with Crippen LogP contribution in [0.15, 0.2) is 57.9 Å². The zero-order valence-corrected chi connectivity index (χ0v) is 14.7. The molecular formula is C17H15BrN2O5. The van der Waals surface area contributed by atoms with E-state index >= 15 is 0 Å². The number of carbonyl (C=O) groups is 3. The summed E-state index contributed by atoms with van der Waals surface area (Å²) in [6.07, 6.45) is 1.48. The van der Waals surface area contributed by atoms with Gasteiger partial charge in [-0.15, -0.1) is 0 Å². The molecule has 0 aliphatic heterocycles. The van der Waals surface area contributed by atoms with Crippen molar-refractivity contribution in [2.24, 2.45) is 0 Å². The first kappa shape index (κ1) is 18.6. The molecule has 2 amide bonds. The van der Waals surface area contributed by atoms with Gasteiger partial charge >= 0.3 is 5.97 Å². The molecule has 0 aliphatic carbocycles. The Hall–Kier alpha value is -2.74. The molecular weight excluding hydrogens is 392 g/mol. The van der Waals surface area contributed by atoms with Crippen molar-refractivity contribution in [1.29, 1.82) is 0 Å². The lowest BCUT2D eigenvalue weighted by molar-refractivity contribution is -0.148. The van der Waals surface area contributed by atoms with Gasteiger partial charge in [0.15, 0.2) is 6.61 Å². The van der Waals surface area contributed by atoms with E-state index in [1.807, 2.05) is 0 Å². The van der Waals surface area contributed by atoms with Gasteiger partial charge in [0, 0.05) is 28.8 Å². The fourth-order valence-corrected chi connectivity index (χ4v) is 2.31. The van der Waals surface area contributed by atoms with Crippen molar-refractivity contribution in [2.45, 2.75) is 13.0 Å². The maximum Gasteiger partial charge on any atom is 0.308 e. The highest BCUT2D eigenvalue weighted by molar-refractivity contribution is 9.10. The summed E-state index contributed by atoms with van der Waals surface area (Å²) >= 11 is 3.23. The smallest absolute Gasteiger partial charge is 0.308 e. The van der Waals surface area contributed by atoms with Crippen molar-refractivity contribution >= 4 is 33.7 Å². The first-order valence-electron chi connectivity index (χ1n) is 7.36. The molecule has 0 radical (unpaired) electrons. The molecule has 0 unspecified atom stereocenters. The van der Waals surface area contributed by atoms with E-state index in [4.69, 9.17) is 4.74 Å².